The summed E-state index contributed by atoms with van der Waals surface area (Å²) < 4.78 is 9.20. The van der Waals surface area contributed by atoms with Gasteiger partial charge in [-0.25, -0.2) is 0 Å². The minimum absolute atomic E-state index is 0.174. The molecule has 0 spiro atoms. The van der Waals surface area contributed by atoms with Crippen LogP contribution >= 0.6 is 23.8 Å². The fourth-order valence-electron chi connectivity index (χ4n) is 3.73. The van der Waals surface area contributed by atoms with Crippen molar-refractivity contribution >= 4 is 40.9 Å². The lowest BCUT2D eigenvalue weighted by Crippen LogP contribution is -2.29. The zero-order valence-electron chi connectivity index (χ0n) is 18.9. The summed E-state index contributed by atoms with van der Waals surface area (Å²) in [6, 6.07) is 5.75. The van der Waals surface area contributed by atoms with E-state index in [-0.39, 0.29) is 5.91 Å². The Labute approximate surface area is 202 Å². The Morgan fingerprint density at radius 2 is 2.06 bits per heavy atom. The topological polar surface area (TPSA) is 77.2 Å². The second kappa shape index (κ2) is 9.36. The highest BCUT2D eigenvalue weighted by Gasteiger charge is 2.31. The summed E-state index contributed by atoms with van der Waals surface area (Å²) in [6.45, 7) is 7.45. The van der Waals surface area contributed by atoms with E-state index in [0.29, 0.717) is 28.9 Å². The van der Waals surface area contributed by atoms with Gasteiger partial charge in [-0.2, -0.15) is 10.2 Å². The maximum Gasteiger partial charge on any atom is 0.276 e. The van der Waals surface area contributed by atoms with Gasteiger partial charge in [0.05, 0.1) is 42.8 Å². The Balaban J connectivity index is 1.58. The summed E-state index contributed by atoms with van der Waals surface area (Å²) >= 11 is 11.7. The monoisotopic (exact) mass is 484 g/mol. The van der Waals surface area contributed by atoms with Crippen molar-refractivity contribution in [2.45, 2.75) is 40.4 Å². The molecular weight excluding hydrogens is 460 g/mol. The molecule has 3 heterocycles. The zero-order valence-corrected chi connectivity index (χ0v) is 20.5. The van der Waals surface area contributed by atoms with E-state index in [1.54, 1.807) is 24.3 Å². The molecule has 4 rings (SSSR count). The van der Waals surface area contributed by atoms with Crippen LogP contribution in [0.5, 0.6) is 5.75 Å². The van der Waals surface area contributed by atoms with Crippen LogP contribution in [0.25, 0.3) is 6.08 Å². The number of amides is 1. The molecule has 1 aliphatic heterocycles. The van der Waals surface area contributed by atoms with E-state index in [1.807, 2.05) is 54.5 Å². The number of methoxy groups -OCH3 is 1. The maximum absolute atomic E-state index is 13.0. The lowest BCUT2D eigenvalue weighted by Gasteiger charge is -2.12. The molecule has 3 aromatic rings. The van der Waals surface area contributed by atoms with E-state index >= 15 is 0 Å². The second-order valence-electron chi connectivity index (χ2n) is 7.80. The lowest BCUT2D eigenvalue weighted by molar-refractivity contribution is -0.122. The molecule has 0 aliphatic carbocycles. The lowest BCUT2D eigenvalue weighted by atomic mass is 10.1. The molecule has 33 heavy (non-hydrogen) atoms. The highest BCUT2D eigenvalue weighted by atomic mass is 35.5. The molecule has 1 fully saturated rings. The summed E-state index contributed by atoms with van der Waals surface area (Å²) in [5, 5.41) is 12.8. The quantitative estimate of drug-likeness (QED) is 0.407. The summed E-state index contributed by atoms with van der Waals surface area (Å²) in [4.78, 5) is 14.6. The molecule has 1 saturated heterocycles. The number of halogens is 1. The Bertz CT molecular complexity index is 1260. The van der Waals surface area contributed by atoms with Gasteiger partial charge >= 0.3 is 0 Å². The molecule has 172 valence electrons. The number of carbonyl (C=O) groups excluding carboxylic acids is 1. The van der Waals surface area contributed by atoms with Crippen LogP contribution in [0.1, 0.15) is 35.0 Å². The minimum atomic E-state index is -0.174. The third-order valence-corrected chi connectivity index (χ3v) is 6.41. The van der Waals surface area contributed by atoms with Gasteiger partial charge in [0.15, 0.2) is 5.11 Å². The van der Waals surface area contributed by atoms with Gasteiger partial charge in [-0.1, -0.05) is 17.7 Å². The molecule has 0 bridgehead atoms. The van der Waals surface area contributed by atoms with Crippen LogP contribution in [0, 0.1) is 13.8 Å². The predicted octanol–water partition coefficient (Wildman–Crippen LogP) is 3.68. The van der Waals surface area contributed by atoms with E-state index in [9.17, 15) is 4.79 Å². The number of ether oxygens (including phenoxy) is 1. The van der Waals surface area contributed by atoms with Gasteiger partial charge in [0.1, 0.15) is 11.4 Å². The van der Waals surface area contributed by atoms with E-state index in [2.05, 4.69) is 15.5 Å². The number of benzene rings is 1. The molecule has 2 aromatic heterocycles. The first-order valence-corrected chi connectivity index (χ1v) is 11.3. The highest BCUT2D eigenvalue weighted by Crippen LogP contribution is 2.26. The average Bonchev–Trinajstić information content (AvgIpc) is 3.44. The number of carbonyl (C=O) groups is 1. The van der Waals surface area contributed by atoms with E-state index < -0.39 is 0 Å². The predicted molar refractivity (Wildman–Crippen MR) is 131 cm³/mol. The molecule has 1 amide bonds. The summed E-state index contributed by atoms with van der Waals surface area (Å²) in [5.74, 6) is 0.559. The van der Waals surface area contributed by atoms with Gasteiger partial charge in [-0.15, -0.1) is 0 Å². The second-order valence-corrected chi connectivity index (χ2v) is 8.56. The van der Waals surface area contributed by atoms with E-state index in [0.717, 1.165) is 40.4 Å². The van der Waals surface area contributed by atoms with E-state index in [1.165, 1.54) is 0 Å². The molecule has 0 unspecified atom stereocenters. The van der Waals surface area contributed by atoms with E-state index in [4.69, 9.17) is 28.6 Å². The highest BCUT2D eigenvalue weighted by molar-refractivity contribution is 7.80. The van der Waals surface area contributed by atoms with Gasteiger partial charge in [0.2, 0.25) is 0 Å². The van der Waals surface area contributed by atoms with Crippen LogP contribution < -0.4 is 10.1 Å². The summed E-state index contributed by atoms with van der Waals surface area (Å²) in [5.41, 5.74) is 4.79. The van der Waals surface area contributed by atoms with Crippen molar-refractivity contribution in [1.82, 2.24) is 29.8 Å². The minimum Gasteiger partial charge on any atom is -0.496 e. The Kier molecular flexibility index (Phi) is 6.53. The number of hydrogen-bond acceptors (Lipinski definition) is 5. The average molecular weight is 485 g/mol. The smallest absolute Gasteiger partial charge is 0.276 e. The first kappa shape index (κ1) is 23.0. The first-order chi connectivity index (χ1) is 15.8. The van der Waals surface area contributed by atoms with Gasteiger partial charge in [-0.3, -0.25) is 19.1 Å². The van der Waals surface area contributed by atoms with Crippen molar-refractivity contribution in [3.63, 3.8) is 0 Å². The van der Waals surface area contributed by atoms with Crippen molar-refractivity contribution in [3.8, 4) is 5.75 Å². The molecule has 1 N–H and O–H groups in total. The largest absolute Gasteiger partial charge is 0.496 e. The third kappa shape index (κ3) is 4.65. The number of nitrogens with zero attached hydrogens (tertiary/aromatic N) is 5. The molecular formula is C23H25ClN6O2S. The van der Waals surface area contributed by atoms with Crippen LogP contribution in [0.15, 0.2) is 36.3 Å². The van der Waals surface area contributed by atoms with Crippen LogP contribution in [0.2, 0.25) is 5.02 Å². The van der Waals surface area contributed by atoms with Crippen molar-refractivity contribution in [1.29, 1.82) is 0 Å². The Morgan fingerprint density at radius 3 is 2.70 bits per heavy atom. The fourth-order valence-corrected chi connectivity index (χ4v) is 4.12. The number of nitrogens with one attached hydrogen (secondary N) is 1. The molecule has 0 radical (unpaired) electrons. The van der Waals surface area contributed by atoms with Gasteiger partial charge in [-0.05, 0) is 56.8 Å². The summed E-state index contributed by atoms with van der Waals surface area (Å²) in [6.07, 6.45) is 5.46. The van der Waals surface area contributed by atoms with Crippen molar-refractivity contribution in [3.05, 3.63) is 69.4 Å². The van der Waals surface area contributed by atoms with Gasteiger partial charge in [0, 0.05) is 23.9 Å². The number of aryl methyl sites for hydroxylation is 2. The van der Waals surface area contributed by atoms with Crippen LogP contribution in [-0.2, 0) is 24.4 Å². The molecule has 1 aromatic carbocycles. The van der Waals surface area contributed by atoms with Crippen LogP contribution in [0.4, 0.5) is 0 Å². The first-order valence-electron chi connectivity index (χ1n) is 10.5. The van der Waals surface area contributed by atoms with Crippen molar-refractivity contribution < 1.29 is 9.53 Å². The Morgan fingerprint density at radius 1 is 1.27 bits per heavy atom. The van der Waals surface area contributed by atoms with Crippen LogP contribution in [0.3, 0.4) is 0 Å². The van der Waals surface area contributed by atoms with Gasteiger partial charge in [0.25, 0.3) is 5.91 Å². The molecule has 10 heteroatoms. The number of rotatable bonds is 7. The SMILES string of the molecule is CCn1cc(CN2C(=O)/C(=C\c3ccc(OC)c(Cn4nc(C)c(Cl)c4C)c3)NC2=S)cn1. The summed E-state index contributed by atoms with van der Waals surface area (Å²) in [7, 11) is 1.63. The fraction of sp³-hybridized carbons (Fsp3) is 0.304. The third-order valence-electron chi connectivity index (χ3n) is 5.54. The molecule has 8 nitrogen and oxygen atoms in total. The Hall–Kier alpha value is -3.17. The normalized spacial score (nSPS) is 14.9. The molecule has 1 aliphatic rings. The molecule has 0 atom stereocenters. The number of thiocarbonyl (C=S) groups is 1. The van der Waals surface area contributed by atoms with Crippen molar-refractivity contribution in [2.75, 3.05) is 7.11 Å². The number of hydrogen-bond donors (Lipinski definition) is 1. The van der Waals surface area contributed by atoms with Crippen LogP contribution in [-0.4, -0.2) is 42.6 Å². The standard InChI is InChI=1S/C23H25ClN6O2S/c1-5-28-11-17(10-25-28)12-29-22(31)19(26-23(29)33)9-16-6-7-20(32-4)18(8-16)13-30-15(3)21(24)14(2)27-30/h6-11H,5,12-13H2,1-4H3,(H,26,33)/b19-9+. The molecule has 0 saturated carbocycles. The maximum atomic E-state index is 13.0. The number of aromatic nitrogens is 4. The zero-order chi connectivity index (χ0) is 23.7. The van der Waals surface area contributed by atoms with Gasteiger partial charge < -0.3 is 10.1 Å². The van der Waals surface area contributed by atoms with Crippen molar-refractivity contribution in [2.24, 2.45) is 0 Å².